The van der Waals surface area contributed by atoms with Crippen LogP contribution in [0.2, 0.25) is 0 Å². The molecule has 0 spiro atoms. The van der Waals surface area contributed by atoms with E-state index in [1.165, 1.54) is 11.3 Å². The lowest BCUT2D eigenvalue weighted by atomic mass is 10.1. The predicted molar refractivity (Wildman–Crippen MR) is 84.2 cm³/mol. The zero-order chi connectivity index (χ0) is 13.5. The molecule has 0 fully saturated rings. The Labute approximate surface area is 115 Å². The smallest absolute Gasteiger partial charge is 0.0432 e. The topological polar surface area (TPSA) is 3.24 Å². The fraction of sp³-hybridized carbons (Fsp3) is 0.111. The molecule has 0 amide bonds. The number of anilines is 1. The maximum atomic E-state index is 3.84. The van der Waals surface area contributed by atoms with Crippen LogP contribution in [0.1, 0.15) is 11.1 Å². The summed E-state index contributed by atoms with van der Waals surface area (Å²) in [5.41, 5.74) is 3.65. The van der Waals surface area contributed by atoms with Crippen LogP contribution in [0.15, 0.2) is 73.8 Å². The maximum absolute atomic E-state index is 3.84. The number of hydrogen-bond donors (Lipinski definition) is 0. The fourth-order valence-corrected chi connectivity index (χ4v) is 2.04. The summed E-state index contributed by atoms with van der Waals surface area (Å²) in [5, 5.41) is 0. The van der Waals surface area contributed by atoms with Crippen molar-refractivity contribution >= 4 is 11.8 Å². The molecule has 0 atom stereocenters. The maximum Gasteiger partial charge on any atom is 0.0432 e. The summed E-state index contributed by atoms with van der Waals surface area (Å²) in [6, 6.07) is 18.9. The Morgan fingerprint density at radius 3 is 2.16 bits per heavy atom. The van der Waals surface area contributed by atoms with Gasteiger partial charge in [-0.05, 0) is 23.3 Å². The first-order valence-corrected chi connectivity index (χ1v) is 6.46. The van der Waals surface area contributed by atoms with Crippen molar-refractivity contribution in [3.05, 3.63) is 85.0 Å². The fourth-order valence-electron chi connectivity index (χ4n) is 2.04. The Kier molecular flexibility index (Phi) is 4.57. The first kappa shape index (κ1) is 13.2. The second-order valence-corrected chi connectivity index (χ2v) is 4.45. The average Bonchev–Trinajstić information content (AvgIpc) is 2.48. The van der Waals surface area contributed by atoms with Crippen molar-refractivity contribution in [3.8, 4) is 0 Å². The van der Waals surface area contributed by atoms with Crippen LogP contribution in [0.5, 0.6) is 0 Å². The monoisotopic (exact) mass is 249 g/mol. The lowest BCUT2D eigenvalue weighted by Gasteiger charge is -2.23. The zero-order valence-corrected chi connectivity index (χ0v) is 11.1. The number of nitrogens with zero attached hydrogens (tertiary/aromatic N) is 1. The average molecular weight is 249 g/mol. The summed E-state index contributed by atoms with van der Waals surface area (Å²) in [6.07, 6.45) is 3.79. The van der Waals surface area contributed by atoms with Crippen LogP contribution >= 0.6 is 0 Å². The van der Waals surface area contributed by atoms with Crippen LogP contribution in [0.4, 0.5) is 5.69 Å². The van der Waals surface area contributed by atoms with E-state index in [1.807, 2.05) is 18.2 Å². The van der Waals surface area contributed by atoms with Crippen molar-refractivity contribution in [1.29, 1.82) is 0 Å². The molecule has 1 nitrogen and oxygen atoms in total. The van der Waals surface area contributed by atoms with Crippen LogP contribution < -0.4 is 4.90 Å². The van der Waals surface area contributed by atoms with Crippen LogP contribution in [-0.4, -0.2) is 6.54 Å². The van der Waals surface area contributed by atoms with E-state index in [4.69, 9.17) is 0 Å². The molecule has 2 rings (SSSR count). The van der Waals surface area contributed by atoms with Gasteiger partial charge in [-0.25, -0.2) is 0 Å². The molecule has 0 aliphatic rings. The summed E-state index contributed by atoms with van der Waals surface area (Å²) in [6.45, 7) is 9.35. The standard InChI is InChI=1S/C18H19N/c1-3-14-19(15-17-8-6-5-7-9-17)18-12-10-16(4-2)11-13-18/h3-13H,1-2,14-15H2. The van der Waals surface area contributed by atoms with Gasteiger partial charge in [0.2, 0.25) is 0 Å². The Morgan fingerprint density at radius 1 is 0.895 bits per heavy atom. The van der Waals surface area contributed by atoms with Gasteiger partial charge in [-0.2, -0.15) is 0 Å². The number of benzene rings is 2. The Hall–Kier alpha value is -2.28. The van der Waals surface area contributed by atoms with Crippen molar-refractivity contribution in [2.45, 2.75) is 6.54 Å². The van der Waals surface area contributed by atoms with Gasteiger partial charge in [0.25, 0.3) is 0 Å². The minimum Gasteiger partial charge on any atom is -0.363 e. The van der Waals surface area contributed by atoms with E-state index < -0.39 is 0 Å². The largest absolute Gasteiger partial charge is 0.363 e. The van der Waals surface area contributed by atoms with Crippen LogP contribution in [0.3, 0.4) is 0 Å². The molecule has 0 heterocycles. The van der Waals surface area contributed by atoms with Crippen molar-refractivity contribution in [2.24, 2.45) is 0 Å². The van der Waals surface area contributed by atoms with Gasteiger partial charge in [0.1, 0.15) is 0 Å². The van der Waals surface area contributed by atoms with E-state index in [2.05, 4.69) is 66.6 Å². The van der Waals surface area contributed by atoms with Crippen LogP contribution in [0, 0.1) is 0 Å². The van der Waals surface area contributed by atoms with E-state index in [9.17, 15) is 0 Å². The normalized spacial score (nSPS) is 9.89. The second-order valence-electron chi connectivity index (χ2n) is 4.45. The Balaban J connectivity index is 2.18. The third-order valence-electron chi connectivity index (χ3n) is 3.06. The lowest BCUT2D eigenvalue weighted by molar-refractivity contribution is 0.868. The van der Waals surface area contributed by atoms with Gasteiger partial charge in [-0.1, -0.05) is 61.2 Å². The minimum atomic E-state index is 0.836. The quantitative estimate of drug-likeness (QED) is 0.680. The van der Waals surface area contributed by atoms with Gasteiger partial charge < -0.3 is 4.90 Å². The van der Waals surface area contributed by atoms with Crippen molar-refractivity contribution < 1.29 is 0 Å². The van der Waals surface area contributed by atoms with Gasteiger partial charge in [-0.3, -0.25) is 0 Å². The van der Waals surface area contributed by atoms with Gasteiger partial charge in [-0.15, -0.1) is 6.58 Å². The Bertz CT molecular complexity index is 525. The zero-order valence-electron chi connectivity index (χ0n) is 11.1. The summed E-state index contributed by atoms with van der Waals surface area (Å²) < 4.78 is 0. The second kappa shape index (κ2) is 6.60. The molecule has 19 heavy (non-hydrogen) atoms. The summed E-state index contributed by atoms with van der Waals surface area (Å²) in [7, 11) is 0. The minimum absolute atomic E-state index is 0.836. The van der Waals surface area contributed by atoms with E-state index in [1.54, 1.807) is 0 Å². The number of hydrogen-bond acceptors (Lipinski definition) is 1. The number of rotatable bonds is 6. The first-order chi connectivity index (χ1) is 9.33. The molecule has 0 aromatic heterocycles. The van der Waals surface area contributed by atoms with E-state index in [0.717, 1.165) is 18.7 Å². The molecule has 0 unspecified atom stereocenters. The molecule has 2 aromatic rings. The molecule has 0 N–H and O–H groups in total. The van der Waals surface area contributed by atoms with Crippen molar-refractivity contribution in [1.82, 2.24) is 0 Å². The Morgan fingerprint density at radius 2 is 1.58 bits per heavy atom. The molecule has 2 aromatic carbocycles. The third kappa shape index (κ3) is 3.59. The van der Waals surface area contributed by atoms with Gasteiger partial charge >= 0.3 is 0 Å². The van der Waals surface area contributed by atoms with Gasteiger partial charge in [0.15, 0.2) is 0 Å². The highest BCUT2D eigenvalue weighted by Gasteiger charge is 2.05. The molecule has 96 valence electrons. The summed E-state index contributed by atoms with van der Waals surface area (Å²) in [5.74, 6) is 0. The summed E-state index contributed by atoms with van der Waals surface area (Å²) >= 11 is 0. The van der Waals surface area contributed by atoms with E-state index in [0.29, 0.717) is 0 Å². The summed E-state index contributed by atoms with van der Waals surface area (Å²) in [4.78, 5) is 2.30. The van der Waals surface area contributed by atoms with Gasteiger partial charge in [0.05, 0.1) is 0 Å². The third-order valence-corrected chi connectivity index (χ3v) is 3.06. The van der Waals surface area contributed by atoms with E-state index >= 15 is 0 Å². The van der Waals surface area contributed by atoms with Gasteiger partial charge in [0, 0.05) is 18.8 Å². The molecule has 0 radical (unpaired) electrons. The first-order valence-electron chi connectivity index (χ1n) is 6.46. The van der Waals surface area contributed by atoms with Crippen molar-refractivity contribution in [3.63, 3.8) is 0 Å². The highest BCUT2D eigenvalue weighted by Crippen LogP contribution is 2.18. The molecule has 0 aliphatic heterocycles. The highest BCUT2D eigenvalue weighted by molar-refractivity contribution is 5.55. The molecule has 0 saturated carbocycles. The van der Waals surface area contributed by atoms with Crippen LogP contribution in [-0.2, 0) is 6.54 Å². The molecule has 0 aliphatic carbocycles. The SMILES string of the molecule is C=CCN(Cc1ccccc1)c1ccc(C=C)cc1. The molecule has 0 bridgehead atoms. The lowest BCUT2D eigenvalue weighted by Crippen LogP contribution is -2.22. The predicted octanol–water partition coefficient (Wildman–Crippen LogP) is 4.52. The van der Waals surface area contributed by atoms with E-state index in [-0.39, 0.29) is 0 Å². The molecular formula is C18H19N. The van der Waals surface area contributed by atoms with Crippen LogP contribution in [0.25, 0.3) is 6.08 Å². The highest BCUT2D eigenvalue weighted by atomic mass is 15.1. The van der Waals surface area contributed by atoms with Crippen molar-refractivity contribution in [2.75, 3.05) is 11.4 Å². The molecule has 1 heteroatoms. The molecular weight excluding hydrogens is 230 g/mol. The molecule has 0 saturated heterocycles.